The molecular formula is C12H22N2O2. The SMILES string of the molecule is CC(C)(C)N1CCC2(CC1)NC(=O)CCO2. The Kier molecular flexibility index (Phi) is 2.97. The average Bonchev–Trinajstić information content (AvgIpc) is 2.16. The second-order valence-electron chi connectivity index (χ2n) is 5.80. The van der Waals surface area contributed by atoms with Crippen molar-refractivity contribution in [1.29, 1.82) is 0 Å². The Morgan fingerprint density at radius 2 is 1.94 bits per heavy atom. The van der Waals surface area contributed by atoms with Crippen LogP contribution in [0.5, 0.6) is 0 Å². The van der Waals surface area contributed by atoms with Crippen LogP contribution in [-0.2, 0) is 9.53 Å². The Morgan fingerprint density at radius 3 is 2.44 bits per heavy atom. The highest BCUT2D eigenvalue weighted by molar-refractivity contribution is 5.77. The fraction of sp³-hybridized carbons (Fsp3) is 0.917. The van der Waals surface area contributed by atoms with Crippen LogP contribution in [0.4, 0.5) is 0 Å². The van der Waals surface area contributed by atoms with Crippen LogP contribution in [0.2, 0.25) is 0 Å². The summed E-state index contributed by atoms with van der Waals surface area (Å²) in [6, 6.07) is 0. The van der Waals surface area contributed by atoms with E-state index < -0.39 is 0 Å². The smallest absolute Gasteiger partial charge is 0.224 e. The number of carbonyl (C=O) groups is 1. The van der Waals surface area contributed by atoms with Gasteiger partial charge < -0.3 is 10.1 Å². The third-order valence-corrected chi connectivity index (χ3v) is 3.59. The van der Waals surface area contributed by atoms with Crippen molar-refractivity contribution in [2.24, 2.45) is 0 Å². The molecule has 2 rings (SSSR count). The number of nitrogens with zero attached hydrogens (tertiary/aromatic N) is 1. The Labute approximate surface area is 97.3 Å². The first-order chi connectivity index (χ1) is 7.41. The highest BCUT2D eigenvalue weighted by Crippen LogP contribution is 2.29. The van der Waals surface area contributed by atoms with Gasteiger partial charge in [0.1, 0.15) is 5.72 Å². The number of ether oxygens (including phenoxy) is 1. The predicted octanol–water partition coefficient (Wildman–Crippen LogP) is 1.11. The maximum atomic E-state index is 11.4. The summed E-state index contributed by atoms with van der Waals surface area (Å²) >= 11 is 0. The quantitative estimate of drug-likeness (QED) is 0.673. The number of piperidine rings is 1. The zero-order valence-corrected chi connectivity index (χ0v) is 10.5. The van der Waals surface area contributed by atoms with Gasteiger partial charge in [-0.05, 0) is 20.8 Å². The molecule has 1 spiro atoms. The van der Waals surface area contributed by atoms with Crippen molar-refractivity contribution < 1.29 is 9.53 Å². The van der Waals surface area contributed by atoms with Crippen molar-refractivity contribution in [1.82, 2.24) is 10.2 Å². The maximum Gasteiger partial charge on any atom is 0.224 e. The van der Waals surface area contributed by atoms with Crippen molar-refractivity contribution in [2.45, 2.75) is 51.3 Å². The van der Waals surface area contributed by atoms with E-state index in [4.69, 9.17) is 4.74 Å². The Morgan fingerprint density at radius 1 is 1.31 bits per heavy atom. The molecule has 0 aliphatic carbocycles. The topological polar surface area (TPSA) is 41.6 Å². The van der Waals surface area contributed by atoms with E-state index in [0.29, 0.717) is 13.0 Å². The summed E-state index contributed by atoms with van der Waals surface area (Å²) in [4.78, 5) is 13.9. The zero-order chi connectivity index (χ0) is 11.8. The Balaban J connectivity index is 1.96. The van der Waals surface area contributed by atoms with Gasteiger partial charge in [0.05, 0.1) is 13.0 Å². The van der Waals surface area contributed by atoms with Crippen molar-refractivity contribution >= 4 is 5.91 Å². The predicted molar refractivity (Wildman–Crippen MR) is 62.0 cm³/mol. The highest BCUT2D eigenvalue weighted by Gasteiger charge is 2.41. The molecule has 4 nitrogen and oxygen atoms in total. The van der Waals surface area contributed by atoms with E-state index in [-0.39, 0.29) is 17.2 Å². The standard InChI is InChI=1S/C12H22N2O2/c1-11(2,3)14-7-5-12(6-8-14)13-10(15)4-9-16-12/h4-9H2,1-3H3,(H,13,15). The molecule has 0 unspecified atom stereocenters. The first kappa shape index (κ1) is 11.9. The van der Waals surface area contributed by atoms with E-state index in [1.54, 1.807) is 0 Å². The lowest BCUT2D eigenvalue weighted by atomic mass is 9.94. The average molecular weight is 226 g/mol. The lowest BCUT2D eigenvalue weighted by Crippen LogP contribution is -2.61. The van der Waals surface area contributed by atoms with Gasteiger partial charge in [-0.15, -0.1) is 0 Å². The van der Waals surface area contributed by atoms with E-state index in [9.17, 15) is 4.79 Å². The second kappa shape index (κ2) is 4.00. The number of hydrogen-bond acceptors (Lipinski definition) is 3. The van der Waals surface area contributed by atoms with Crippen LogP contribution in [-0.4, -0.2) is 41.8 Å². The summed E-state index contributed by atoms with van der Waals surface area (Å²) in [6.45, 7) is 9.23. The van der Waals surface area contributed by atoms with Crippen LogP contribution in [0.1, 0.15) is 40.0 Å². The Bertz CT molecular complexity index is 275. The molecule has 0 bridgehead atoms. The highest BCUT2D eigenvalue weighted by atomic mass is 16.5. The first-order valence-electron chi connectivity index (χ1n) is 6.11. The van der Waals surface area contributed by atoms with Gasteiger partial charge in [-0.2, -0.15) is 0 Å². The molecule has 0 saturated carbocycles. The maximum absolute atomic E-state index is 11.4. The van der Waals surface area contributed by atoms with Gasteiger partial charge in [0.25, 0.3) is 0 Å². The van der Waals surface area contributed by atoms with Crippen LogP contribution in [0.25, 0.3) is 0 Å². The van der Waals surface area contributed by atoms with Gasteiger partial charge in [0.15, 0.2) is 0 Å². The lowest BCUT2D eigenvalue weighted by Gasteiger charge is -2.47. The molecule has 2 saturated heterocycles. The van der Waals surface area contributed by atoms with Crippen LogP contribution in [0.3, 0.4) is 0 Å². The van der Waals surface area contributed by atoms with E-state index in [1.807, 2.05) is 0 Å². The van der Waals surface area contributed by atoms with Gasteiger partial charge >= 0.3 is 0 Å². The number of likely N-dealkylation sites (tertiary alicyclic amines) is 1. The fourth-order valence-corrected chi connectivity index (χ4v) is 2.50. The van der Waals surface area contributed by atoms with E-state index in [2.05, 4.69) is 31.0 Å². The number of hydrogen-bond donors (Lipinski definition) is 1. The summed E-state index contributed by atoms with van der Waals surface area (Å²) < 4.78 is 5.78. The van der Waals surface area contributed by atoms with Crippen LogP contribution >= 0.6 is 0 Å². The fourth-order valence-electron chi connectivity index (χ4n) is 2.50. The molecule has 16 heavy (non-hydrogen) atoms. The van der Waals surface area contributed by atoms with Gasteiger partial charge in [0.2, 0.25) is 5.91 Å². The van der Waals surface area contributed by atoms with E-state index >= 15 is 0 Å². The third kappa shape index (κ3) is 2.38. The summed E-state index contributed by atoms with van der Waals surface area (Å²) in [5.74, 6) is 0.135. The molecule has 2 aliphatic rings. The lowest BCUT2D eigenvalue weighted by molar-refractivity contribution is -0.161. The minimum absolute atomic E-state index is 0.135. The molecule has 0 atom stereocenters. The third-order valence-electron chi connectivity index (χ3n) is 3.59. The largest absolute Gasteiger partial charge is 0.355 e. The number of rotatable bonds is 0. The summed E-state index contributed by atoms with van der Waals surface area (Å²) in [5.41, 5.74) is -0.155. The molecular weight excluding hydrogens is 204 g/mol. The number of amides is 1. The molecule has 0 radical (unpaired) electrons. The molecule has 0 aromatic heterocycles. The van der Waals surface area contributed by atoms with Crippen LogP contribution in [0.15, 0.2) is 0 Å². The van der Waals surface area contributed by atoms with Gasteiger partial charge in [-0.3, -0.25) is 9.69 Å². The molecule has 2 fully saturated rings. The molecule has 1 amide bonds. The molecule has 2 heterocycles. The minimum atomic E-state index is -0.364. The summed E-state index contributed by atoms with van der Waals surface area (Å²) in [5, 5.41) is 3.02. The Hall–Kier alpha value is -0.610. The molecule has 0 aromatic rings. The number of carbonyl (C=O) groups excluding carboxylic acids is 1. The van der Waals surface area contributed by atoms with Crippen LogP contribution in [0, 0.1) is 0 Å². The molecule has 2 aliphatic heterocycles. The molecule has 4 heteroatoms. The van der Waals surface area contributed by atoms with Crippen molar-refractivity contribution in [3.8, 4) is 0 Å². The van der Waals surface area contributed by atoms with Gasteiger partial charge in [-0.25, -0.2) is 0 Å². The second-order valence-corrected chi connectivity index (χ2v) is 5.80. The van der Waals surface area contributed by atoms with Crippen molar-refractivity contribution in [2.75, 3.05) is 19.7 Å². The van der Waals surface area contributed by atoms with Crippen molar-refractivity contribution in [3.63, 3.8) is 0 Å². The van der Waals surface area contributed by atoms with Crippen LogP contribution < -0.4 is 5.32 Å². The summed E-state index contributed by atoms with van der Waals surface area (Å²) in [7, 11) is 0. The van der Waals surface area contributed by atoms with Crippen molar-refractivity contribution in [3.05, 3.63) is 0 Å². The summed E-state index contributed by atoms with van der Waals surface area (Å²) in [6.07, 6.45) is 2.30. The minimum Gasteiger partial charge on any atom is -0.355 e. The normalized spacial score (nSPS) is 26.8. The van der Waals surface area contributed by atoms with E-state index in [0.717, 1.165) is 25.9 Å². The monoisotopic (exact) mass is 226 g/mol. The molecule has 0 aromatic carbocycles. The zero-order valence-electron chi connectivity index (χ0n) is 10.5. The first-order valence-corrected chi connectivity index (χ1v) is 6.11. The number of nitrogens with one attached hydrogen (secondary N) is 1. The van der Waals surface area contributed by atoms with Gasteiger partial charge in [-0.1, -0.05) is 0 Å². The molecule has 92 valence electrons. The van der Waals surface area contributed by atoms with Gasteiger partial charge in [0, 0.05) is 31.5 Å². The molecule has 1 N–H and O–H groups in total. The van der Waals surface area contributed by atoms with E-state index in [1.165, 1.54) is 0 Å².